The summed E-state index contributed by atoms with van der Waals surface area (Å²) < 4.78 is 6.75. The van der Waals surface area contributed by atoms with Crippen molar-refractivity contribution in [2.45, 2.75) is 20.3 Å². The Morgan fingerprint density at radius 1 is 1.37 bits per heavy atom. The molecule has 1 amide bonds. The van der Waals surface area contributed by atoms with Crippen molar-refractivity contribution in [2.24, 2.45) is 0 Å². The number of carbonyl (C=O) groups is 2. The molecule has 0 aliphatic carbocycles. The summed E-state index contributed by atoms with van der Waals surface area (Å²) in [6.45, 7) is 2.92. The summed E-state index contributed by atoms with van der Waals surface area (Å²) in [4.78, 5) is 39.6. The van der Waals surface area contributed by atoms with E-state index in [9.17, 15) is 19.7 Å². The summed E-state index contributed by atoms with van der Waals surface area (Å²) >= 11 is 1.44. The molecule has 1 N–H and O–H groups in total. The average Bonchev–Trinajstić information content (AvgIpc) is 3.18. The number of hydrogen-bond donors (Lipinski definition) is 1. The number of anilines is 1. The van der Waals surface area contributed by atoms with Crippen molar-refractivity contribution in [2.75, 3.05) is 11.9 Å². The molecule has 0 aliphatic heterocycles. The fraction of sp³-hybridized carbons (Fsp3) is 0.235. The number of aromatic nitrogens is 2. The summed E-state index contributed by atoms with van der Waals surface area (Å²) in [5.41, 5.74) is 1.82. The number of amides is 1. The van der Waals surface area contributed by atoms with E-state index in [1.54, 1.807) is 30.5 Å². The second-order valence-electron chi connectivity index (χ2n) is 5.87. The predicted octanol–water partition coefficient (Wildman–Crippen LogP) is 2.65. The number of nitrogens with zero attached hydrogens (tertiary/aromatic N) is 3. The number of imidazole rings is 1. The van der Waals surface area contributed by atoms with Crippen LogP contribution in [0.5, 0.6) is 0 Å². The summed E-state index contributed by atoms with van der Waals surface area (Å²) in [6.07, 6.45) is 3.48. The second kappa shape index (κ2) is 7.54. The van der Waals surface area contributed by atoms with E-state index in [1.807, 2.05) is 11.6 Å². The van der Waals surface area contributed by atoms with Gasteiger partial charge in [0.15, 0.2) is 11.6 Å². The maximum Gasteiger partial charge on any atom is 0.312 e. The smallest absolute Gasteiger partial charge is 0.312 e. The molecule has 2 heterocycles. The van der Waals surface area contributed by atoms with Crippen molar-refractivity contribution in [1.82, 2.24) is 9.38 Å². The monoisotopic (exact) mass is 388 g/mol. The first-order valence-corrected chi connectivity index (χ1v) is 8.84. The Balaban J connectivity index is 1.59. The van der Waals surface area contributed by atoms with Gasteiger partial charge >= 0.3 is 5.97 Å². The highest BCUT2D eigenvalue weighted by Crippen LogP contribution is 2.30. The zero-order valence-electron chi connectivity index (χ0n) is 14.6. The molecule has 3 aromatic rings. The molecule has 10 heteroatoms. The van der Waals surface area contributed by atoms with Gasteiger partial charge in [0.2, 0.25) is 0 Å². The molecule has 1 aromatic carbocycles. The van der Waals surface area contributed by atoms with Crippen LogP contribution in [0.3, 0.4) is 0 Å². The van der Waals surface area contributed by atoms with Gasteiger partial charge in [0, 0.05) is 23.8 Å². The Bertz CT molecular complexity index is 1010. The number of benzene rings is 1. The summed E-state index contributed by atoms with van der Waals surface area (Å²) in [6, 6.07) is 2.94. The second-order valence-corrected chi connectivity index (χ2v) is 6.74. The normalized spacial score (nSPS) is 10.7. The van der Waals surface area contributed by atoms with E-state index in [1.165, 1.54) is 17.4 Å². The van der Waals surface area contributed by atoms with E-state index >= 15 is 0 Å². The van der Waals surface area contributed by atoms with E-state index < -0.39 is 23.4 Å². The lowest BCUT2D eigenvalue weighted by atomic mass is 10.1. The van der Waals surface area contributed by atoms with Crippen LogP contribution in [0.15, 0.2) is 29.9 Å². The maximum atomic E-state index is 12.1. The molecule has 27 heavy (non-hydrogen) atoms. The van der Waals surface area contributed by atoms with Gasteiger partial charge in [-0.05, 0) is 25.0 Å². The molecule has 9 nitrogen and oxygen atoms in total. The lowest BCUT2D eigenvalue weighted by Crippen LogP contribution is -2.22. The Labute approximate surface area is 157 Å². The number of rotatable bonds is 6. The first-order valence-electron chi connectivity index (χ1n) is 7.96. The van der Waals surface area contributed by atoms with E-state index in [4.69, 9.17) is 4.74 Å². The van der Waals surface area contributed by atoms with Crippen LogP contribution in [0, 0.1) is 24.0 Å². The summed E-state index contributed by atoms with van der Waals surface area (Å²) in [5.74, 6) is -1.25. The molecule has 0 atom stereocenters. The highest BCUT2D eigenvalue weighted by atomic mass is 32.1. The SMILES string of the molecule is Cc1ccc([N+](=O)[O-])c(NC(=O)COC(=O)Cc2cn3ccsc3n2)c1C. The molecule has 3 rings (SSSR count). The number of nitro benzene ring substituents is 1. The van der Waals surface area contributed by atoms with E-state index in [2.05, 4.69) is 10.3 Å². The molecule has 0 saturated carbocycles. The van der Waals surface area contributed by atoms with Crippen LogP contribution in [-0.4, -0.2) is 32.8 Å². The maximum absolute atomic E-state index is 12.1. The summed E-state index contributed by atoms with van der Waals surface area (Å²) in [5, 5.41) is 15.5. The van der Waals surface area contributed by atoms with Crippen LogP contribution >= 0.6 is 11.3 Å². The van der Waals surface area contributed by atoms with Crippen LogP contribution in [0.2, 0.25) is 0 Å². The zero-order chi connectivity index (χ0) is 19.6. The molecule has 140 valence electrons. The fourth-order valence-electron chi connectivity index (χ4n) is 2.49. The zero-order valence-corrected chi connectivity index (χ0v) is 15.4. The Morgan fingerprint density at radius 3 is 2.85 bits per heavy atom. The minimum atomic E-state index is -0.647. The van der Waals surface area contributed by atoms with Crippen LogP contribution in [0.1, 0.15) is 16.8 Å². The number of carbonyl (C=O) groups excluding carboxylic acids is 2. The minimum Gasteiger partial charge on any atom is -0.455 e. The van der Waals surface area contributed by atoms with Gasteiger partial charge in [0.05, 0.1) is 17.0 Å². The van der Waals surface area contributed by atoms with Crippen LogP contribution in [-0.2, 0) is 20.7 Å². The highest BCUT2D eigenvalue weighted by molar-refractivity contribution is 7.15. The number of fused-ring (bicyclic) bond motifs is 1. The van der Waals surface area contributed by atoms with Gasteiger partial charge < -0.3 is 10.1 Å². The van der Waals surface area contributed by atoms with Crippen LogP contribution in [0.25, 0.3) is 4.96 Å². The van der Waals surface area contributed by atoms with E-state index in [0.29, 0.717) is 11.3 Å². The molecule has 0 radical (unpaired) electrons. The number of thiazole rings is 1. The molecule has 2 aromatic heterocycles. The molecule has 0 saturated heterocycles. The van der Waals surface area contributed by atoms with Crippen molar-refractivity contribution in [3.05, 3.63) is 56.8 Å². The number of aryl methyl sites for hydroxylation is 1. The molecule has 0 fully saturated rings. The fourth-order valence-corrected chi connectivity index (χ4v) is 3.21. The third-order valence-electron chi connectivity index (χ3n) is 4.01. The predicted molar refractivity (Wildman–Crippen MR) is 98.9 cm³/mol. The van der Waals surface area contributed by atoms with Gasteiger partial charge in [0.1, 0.15) is 5.69 Å². The van der Waals surface area contributed by atoms with Crippen molar-refractivity contribution in [3.63, 3.8) is 0 Å². The molecular formula is C17H16N4O5S. The quantitative estimate of drug-likeness (QED) is 0.394. The first kappa shape index (κ1) is 18.5. The van der Waals surface area contributed by atoms with E-state index in [0.717, 1.165) is 10.5 Å². The lowest BCUT2D eigenvalue weighted by Gasteiger charge is -2.11. The minimum absolute atomic E-state index is 0.0642. The highest BCUT2D eigenvalue weighted by Gasteiger charge is 2.20. The molecule has 0 spiro atoms. The number of nitrogens with one attached hydrogen (secondary N) is 1. The van der Waals surface area contributed by atoms with Crippen LogP contribution < -0.4 is 5.32 Å². The molecule has 0 aliphatic rings. The largest absolute Gasteiger partial charge is 0.455 e. The number of hydrogen-bond acceptors (Lipinski definition) is 7. The van der Waals surface area contributed by atoms with Crippen molar-refractivity contribution < 1.29 is 19.2 Å². The van der Waals surface area contributed by atoms with Gasteiger partial charge in [-0.15, -0.1) is 11.3 Å². The Kier molecular flexibility index (Phi) is 5.17. The Morgan fingerprint density at radius 2 is 2.15 bits per heavy atom. The molecular weight excluding hydrogens is 372 g/mol. The van der Waals surface area contributed by atoms with Crippen molar-refractivity contribution in [1.29, 1.82) is 0 Å². The van der Waals surface area contributed by atoms with Crippen LogP contribution in [0.4, 0.5) is 11.4 Å². The standard InChI is InChI=1S/C17H16N4O5S/c1-10-3-4-13(21(24)25)16(11(10)2)19-14(22)9-26-15(23)7-12-8-20-5-6-27-17(20)18-12/h3-6,8H,7,9H2,1-2H3,(H,19,22). The first-order chi connectivity index (χ1) is 12.8. The van der Waals surface area contributed by atoms with Gasteiger partial charge in [-0.1, -0.05) is 6.07 Å². The number of nitro groups is 1. The van der Waals surface area contributed by atoms with Gasteiger partial charge in [0.25, 0.3) is 11.6 Å². The van der Waals surface area contributed by atoms with Crippen molar-refractivity contribution in [3.8, 4) is 0 Å². The number of ether oxygens (including phenoxy) is 1. The summed E-state index contributed by atoms with van der Waals surface area (Å²) in [7, 11) is 0. The third kappa shape index (κ3) is 4.11. The molecule has 0 bridgehead atoms. The lowest BCUT2D eigenvalue weighted by molar-refractivity contribution is -0.384. The van der Waals surface area contributed by atoms with Gasteiger partial charge in [-0.2, -0.15) is 0 Å². The van der Waals surface area contributed by atoms with Crippen molar-refractivity contribution >= 4 is 39.5 Å². The van der Waals surface area contributed by atoms with Gasteiger partial charge in [-0.25, -0.2) is 4.98 Å². The Hall–Kier alpha value is -3.27. The average molecular weight is 388 g/mol. The molecule has 0 unspecified atom stereocenters. The topological polar surface area (TPSA) is 116 Å². The van der Waals surface area contributed by atoms with E-state index in [-0.39, 0.29) is 17.8 Å². The van der Waals surface area contributed by atoms with Gasteiger partial charge in [-0.3, -0.25) is 24.1 Å². The third-order valence-corrected chi connectivity index (χ3v) is 4.78. The number of esters is 1.